The van der Waals surface area contributed by atoms with Crippen molar-refractivity contribution in [2.45, 2.75) is 44.1 Å². The van der Waals surface area contributed by atoms with Crippen LogP contribution < -0.4 is 0 Å². The van der Waals surface area contributed by atoms with Gasteiger partial charge in [0.1, 0.15) is 6.10 Å². The van der Waals surface area contributed by atoms with E-state index in [1.54, 1.807) is 0 Å². The fourth-order valence-corrected chi connectivity index (χ4v) is 3.22. The van der Waals surface area contributed by atoms with Crippen LogP contribution in [0.5, 0.6) is 0 Å². The zero-order valence-corrected chi connectivity index (χ0v) is 8.59. The van der Waals surface area contributed by atoms with Gasteiger partial charge in [-0.2, -0.15) is 0 Å². The molecule has 2 nitrogen and oxygen atoms in total. The summed E-state index contributed by atoms with van der Waals surface area (Å²) in [5.41, 5.74) is 0. The summed E-state index contributed by atoms with van der Waals surface area (Å²) in [6, 6.07) is 0. The van der Waals surface area contributed by atoms with Crippen LogP contribution in [0.4, 0.5) is 0 Å². The quantitative estimate of drug-likeness (QED) is 0.482. The lowest BCUT2D eigenvalue weighted by molar-refractivity contribution is -0.162. The van der Waals surface area contributed by atoms with Crippen molar-refractivity contribution in [2.24, 2.45) is 11.8 Å². The summed E-state index contributed by atoms with van der Waals surface area (Å²) in [6.07, 6.45) is 4.96. The van der Waals surface area contributed by atoms with Crippen LogP contribution in [-0.4, -0.2) is 17.5 Å². The standard InChI is InChI=1S/C10H15ClO2/c1-6(12)13-10-8-5-3-2-4-7(8)9(10)11/h7-10H,2-5H2,1H3. The highest BCUT2D eigenvalue weighted by molar-refractivity contribution is 6.22. The van der Waals surface area contributed by atoms with Crippen LogP contribution in [0, 0.1) is 11.8 Å². The van der Waals surface area contributed by atoms with E-state index >= 15 is 0 Å². The molecule has 74 valence electrons. The Labute approximate surface area is 83.6 Å². The Kier molecular flexibility index (Phi) is 2.50. The van der Waals surface area contributed by atoms with Crippen LogP contribution in [0.25, 0.3) is 0 Å². The molecule has 0 saturated heterocycles. The molecule has 0 aromatic heterocycles. The average molecular weight is 203 g/mol. The average Bonchev–Trinajstić information content (AvgIpc) is 2.13. The third-order valence-corrected chi connectivity index (χ3v) is 3.89. The Morgan fingerprint density at radius 3 is 2.54 bits per heavy atom. The van der Waals surface area contributed by atoms with Gasteiger partial charge in [-0.15, -0.1) is 11.6 Å². The smallest absolute Gasteiger partial charge is 0.302 e. The van der Waals surface area contributed by atoms with Crippen LogP contribution in [0.2, 0.25) is 0 Å². The monoisotopic (exact) mass is 202 g/mol. The second kappa shape index (κ2) is 3.49. The van der Waals surface area contributed by atoms with E-state index in [1.165, 1.54) is 32.6 Å². The lowest BCUT2D eigenvalue weighted by Gasteiger charge is -2.50. The first-order chi connectivity index (χ1) is 6.20. The molecular weight excluding hydrogens is 188 g/mol. The van der Waals surface area contributed by atoms with Crippen LogP contribution in [0.15, 0.2) is 0 Å². The number of carbonyl (C=O) groups is 1. The van der Waals surface area contributed by atoms with Gasteiger partial charge in [0.2, 0.25) is 0 Å². The zero-order chi connectivity index (χ0) is 9.42. The summed E-state index contributed by atoms with van der Waals surface area (Å²) < 4.78 is 5.20. The van der Waals surface area contributed by atoms with Gasteiger partial charge >= 0.3 is 5.97 Å². The maximum Gasteiger partial charge on any atom is 0.302 e. The molecule has 2 aliphatic rings. The minimum Gasteiger partial charge on any atom is -0.461 e. The molecule has 2 fully saturated rings. The van der Waals surface area contributed by atoms with Gasteiger partial charge in [0.05, 0.1) is 5.38 Å². The number of halogens is 1. The number of hydrogen-bond donors (Lipinski definition) is 0. The third-order valence-electron chi connectivity index (χ3n) is 3.32. The van der Waals surface area contributed by atoms with Crippen LogP contribution in [-0.2, 0) is 9.53 Å². The van der Waals surface area contributed by atoms with Gasteiger partial charge in [0.25, 0.3) is 0 Å². The topological polar surface area (TPSA) is 26.3 Å². The van der Waals surface area contributed by atoms with Gasteiger partial charge in [-0.1, -0.05) is 12.8 Å². The summed E-state index contributed by atoms with van der Waals surface area (Å²) >= 11 is 6.16. The number of ether oxygens (including phenoxy) is 1. The van der Waals surface area contributed by atoms with Gasteiger partial charge in [0.15, 0.2) is 0 Å². The number of esters is 1. The molecule has 0 heterocycles. The summed E-state index contributed by atoms with van der Waals surface area (Å²) in [5.74, 6) is 0.972. The predicted molar refractivity (Wildman–Crippen MR) is 50.6 cm³/mol. The molecule has 0 amide bonds. The van der Waals surface area contributed by atoms with Crippen molar-refractivity contribution in [1.82, 2.24) is 0 Å². The summed E-state index contributed by atoms with van der Waals surface area (Å²) in [6.45, 7) is 1.46. The minimum atomic E-state index is -0.195. The largest absolute Gasteiger partial charge is 0.461 e. The number of hydrogen-bond acceptors (Lipinski definition) is 2. The maximum absolute atomic E-state index is 10.8. The highest BCUT2D eigenvalue weighted by Crippen LogP contribution is 2.49. The van der Waals surface area contributed by atoms with E-state index in [-0.39, 0.29) is 17.5 Å². The van der Waals surface area contributed by atoms with E-state index in [9.17, 15) is 4.79 Å². The lowest BCUT2D eigenvalue weighted by Crippen LogP contribution is -2.55. The van der Waals surface area contributed by atoms with E-state index in [2.05, 4.69) is 0 Å². The Morgan fingerprint density at radius 1 is 1.31 bits per heavy atom. The molecule has 13 heavy (non-hydrogen) atoms. The third kappa shape index (κ3) is 1.56. The first-order valence-corrected chi connectivity index (χ1v) is 5.45. The molecule has 2 saturated carbocycles. The molecule has 0 bridgehead atoms. The van der Waals surface area contributed by atoms with Crippen molar-refractivity contribution in [3.8, 4) is 0 Å². The highest BCUT2D eigenvalue weighted by atomic mass is 35.5. The molecular formula is C10H15ClO2. The molecule has 0 spiro atoms. The normalized spacial score (nSPS) is 43.2. The van der Waals surface area contributed by atoms with Gasteiger partial charge in [-0.3, -0.25) is 4.79 Å². The number of rotatable bonds is 1. The Bertz CT molecular complexity index is 217. The van der Waals surface area contributed by atoms with Crippen LogP contribution in [0.1, 0.15) is 32.6 Å². The second-order valence-corrected chi connectivity index (χ2v) is 4.63. The van der Waals surface area contributed by atoms with Crippen molar-refractivity contribution in [3.05, 3.63) is 0 Å². The molecule has 0 aromatic carbocycles. The Morgan fingerprint density at radius 2 is 1.92 bits per heavy atom. The Hall–Kier alpha value is -0.240. The minimum absolute atomic E-state index is 0.00414. The molecule has 0 N–H and O–H groups in total. The molecule has 2 aliphatic carbocycles. The van der Waals surface area contributed by atoms with Gasteiger partial charge in [0, 0.05) is 12.8 Å². The van der Waals surface area contributed by atoms with Crippen LogP contribution in [0.3, 0.4) is 0 Å². The molecule has 2 rings (SSSR count). The fourth-order valence-electron chi connectivity index (χ4n) is 2.67. The first-order valence-electron chi connectivity index (χ1n) is 5.01. The molecule has 0 aliphatic heterocycles. The maximum atomic E-state index is 10.8. The number of fused-ring (bicyclic) bond motifs is 1. The second-order valence-electron chi connectivity index (χ2n) is 4.13. The predicted octanol–water partition coefficient (Wildman–Crippen LogP) is 2.35. The van der Waals surface area contributed by atoms with E-state index in [0.717, 1.165) is 0 Å². The molecule has 4 unspecified atom stereocenters. The van der Waals surface area contributed by atoms with E-state index in [1.807, 2.05) is 0 Å². The van der Waals surface area contributed by atoms with Crippen molar-refractivity contribution < 1.29 is 9.53 Å². The van der Waals surface area contributed by atoms with E-state index < -0.39 is 0 Å². The molecule has 0 radical (unpaired) electrons. The van der Waals surface area contributed by atoms with Crippen molar-refractivity contribution >= 4 is 17.6 Å². The van der Waals surface area contributed by atoms with Crippen molar-refractivity contribution in [1.29, 1.82) is 0 Å². The van der Waals surface area contributed by atoms with Gasteiger partial charge in [-0.25, -0.2) is 0 Å². The summed E-state index contributed by atoms with van der Waals surface area (Å²) in [4.78, 5) is 10.8. The first kappa shape index (κ1) is 9.32. The summed E-state index contributed by atoms with van der Waals surface area (Å²) in [5, 5.41) is 0.0780. The lowest BCUT2D eigenvalue weighted by atomic mass is 9.63. The summed E-state index contributed by atoms with van der Waals surface area (Å²) in [7, 11) is 0. The van der Waals surface area contributed by atoms with Crippen molar-refractivity contribution in [2.75, 3.05) is 0 Å². The molecule has 0 aromatic rings. The molecule has 4 atom stereocenters. The van der Waals surface area contributed by atoms with Crippen LogP contribution >= 0.6 is 11.6 Å². The fraction of sp³-hybridized carbons (Fsp3) is 0.900. The van der Waals surface area contributed by atoms with Gasteiger partial charge < -0.3 is 4.74 Å². The van der Waals surface area contributed by atoms with Crippen molar-refractivity contribution in [3.63, 3.8) is 0 Å². The van der Waals surface area contributed by atoms with E-state index in [4.69, 9.17) is 16.3 Å². The van der Waals surface area contributed by atoms with Gasteiger partial charge in [-0.05, 0) is 18.8 Å². The van der Waals surface area contributed by atoms with E-state index in [0.29, 0.717) is 11.8 Å². The molecule has 3 heteroatoms. The SMILES string of the molecule is CC(=O)OC1C(Cl)C2CCCCC21. The number of carbonyl (C=O) groups excluding carboxylic acids is 1. The highest BCUT2D eigenvalue weighted by Gasteiger charge is 2.51. The zero-order valence-electron chi connectivity index (χ0n) is 7.83. The Balaban J connectivity index is 1.94. The number of alkyl halides is 1.